The minimum atomic E-state index is -3.73. The molecule has 0 aliphatic carbocycles. The van der Waals surface area contributed by atoms with Crippen molar-refractivity contribution in [2.75, 3.05) is 7.11 Å². The molecule has 27 heavy (non-hydrogen) atoms. The molecule has 5 heteroatoms. The second kappa shape index (κ2) is 12.9. The van der Waals surface area contributed by atoms with Gasteiger partial charge in [-0.3, -0.25) is 4.79 Å². The van der Waals surface area contributed by atoms with Crippen molar-refractivity contribution in [3.05, 3.63) is 29.8 Å². The second-order valence-corrected chi connectivity index (χ2v) is 9.39. The molecule has 0 saturated heterocycles. The maximum atomic E-state index is 12.9. The van der Waals surface area contributed by atoms with E-state index in [0.717, 1.165) is 19.3 Å². The number of aryl methyl sites for hydroxylation is 1. The molecule has 0 aliphatic heterocycles. The number of carbonyl (C=O) groups excluding carboxylic acids is 1. The summed E-state index contributed by atoms with van der Waals surface area (Å²) in [6.07, 6.45) is 12.0. The molecule has 1 unspecified atom stereocenters. The summed E-state index contributed by atoms with van der Waals surface area (Å²) in [6.45, 7) is 3.97. The number of rotatable bonds is 14. The predicted octanol–water partition coefficient (Wildman–Crippen LogP) is 5.62. The SMILES string of the molecule is CCCCCCCCCCCCC(C(=O)OC)S(=O)(=O)c1ccccc1C. The lowest BCUT2D eigenvalue weighted by atomic mass is 10.1. The van der Waals surface area contributed by atoms with E-state index in [1.807, 2.05) is 0 Å². The average Bonchev–Trinajstić information content (AvgIpc) is 2.65. The van der Waals surface area contributed by atoms with Gasteiger partial charge in [-0.15, -0.1) is 0 Å². The van der Waals surface area contributed by atoms with E-state index >= 15 is 0 Å². The molecule has 0 aromatic heterocycles. The molecule has 0 radical (unpaired) electrons. The lowest BCUT2D eigenvalue weighted by Gasteiger charge is -2.17. The summed E-state index contributed by atoms with van der Waals surface area (Å²) in [5.74, 6) is -0.658. The van der Waals surface area contributed by atoms with E-state index in [1.165, 1.54) is 52.1 Å². The van der Waals surface area contributed by atoms with Crippen LogP contribution in [0, 0.1) is 6.92 Å². The predicted molar refractivity (Wildman–Crippen MR) is 111 cm³/mol. The van der Waals surface area contributed by atoms with Crippen molar-refractivity contribution in [2.45, 2.75) is 94.6 Å². The average molecular weight is 397 g/mol. The van der Waals surface area contributed by atoms with E-state index in [9.17, 15) is 13.2 Å². The molecular weight excluding hydrogens is 360 g/mol. The number of carbonyl (C=O) groups is 1. The first kappa shape index (κ1) is 23.7. The van der Waals surface area contributed by atoms with Gasteiger partial charge < -0.3 is 4.74 Å². The number of unbranched alkanes of at least 4 members (excludes halogenated alkanes) is 9. The van der Waals surface area contributed by atoms with Crippen LogP contribution in [0.5, 0.6) is 0 Å². The Morgan fingerprint density at radius 2 is 1.44 bits per heavy atom. The standard InChI is InChI=1S/C22H36O4S/c1-4-5-6-7-8-9-10-11-12-13-18-21(22(23)26-3)27(24,25)20-17-15-14-16-19(20)2/h14-17,21H,4-13,18H2,1-3H3. The molecule has 0 heterocycles. The Labute approximate surface area is 165 Å². The summed E-state index contributed by atoms with van der Waals surface area (Å²) in [4.78, 5) is 12.4. The van der Waals surface area contributed by atoms with E-state index in [2.05, 4.69) is 6.92 Å². The highest BCUT2D eigenvalue weighted by Gasteiger charge is 2.35. The molecule has 1 aromatic rings. The number of hydrogen-bond donors (Lipinski definition) is 0. The van der Waals surface area contributed by atoms with E-state index in [1.54, 1.807) is 31.2 Å². The topological polar surface area (TPSA) is 60.4 Å². The van der Waals surface area contributed by atoms with Gasteiger partial charge in [-0.05, 0) is 25.0 Å². The highest BCUT2D eigenvalue weighted by atomic mass is 32.2. The Morgan fingerprint density at radius 3 is 1.96 bits per heavy atom. The van der Waals surface area contributed by atoms with Gasteiger partial charge in [-0.1, -0.05) is 89.3 Å². The van der Waals surface area contributed by atoms with E-state index in [-0.39, 0.29) is 4.90 Å². The quantitative estimate of drug-likeness (QED) is 0.302. The molecule has 1 atom stereocenters. The summed E-state index contributed by atoms with van der Waals surface area (Å²) in [6, 6.07) is 6.80. The number of ether oxygens (including phenoxy) is 1. The summed E-state index contributed by atoms with van der Waals surface area (Å²) in [5.41, 5.74) is 0.662. The molecule has 0 bridgehead atoms. The molecule has 0 aliphatic rings. The van der Waals surface area contributed by atoms with Gasteiger partial charge in [0.15, 0.2) is 15.1 Å². The van der Waals surface area contributed by atoms with Gasteiger partial charge in [-0.25, -0.2) is 8.42 Å². The summed E-state index contributed by atoms with van der Waals surface area (Å²) in [5, 5.41) is -1.11. The zero-order chi connectivity index (χ0) is 20.1. The normalized spacial score (nSPS) is 12.7. The van der Waals surface area contributed by atoms with Crippen LogP contribution < -0.4 is 0 Å². The summed E-state index contributed by atoms with van der Waals surface area (Å²) < 4.78 is 30.7. The van der Waals surface area contributed by atoms with Crippen LogP contribution in [0.1, 0.15) is 83.1 Å². The van der Waals surface area contributed by atoms with Crippen molar-refractivity contribution >= 4 is 15.8 Å². The Kier molecular flexibility index (Phi) is 11.3. The maximum Gasteiger partial charge on any atom is 0.324 e. The van der Waals surface area contributed by atoms with Crippen molar-refractivity contribution in [1.82, 2.24) is 0 Å². The van der Waals surface area contributed by atoms with Gasteiger partial charge in [0, 0.05) is 0 Å². The van der Waals surface area contributed by atoms with Crippen molar-refractivity contribution in [2.24, 2.45) is 0 Å². The van der Waals surface area contributed by atoms with Gasteiger partial charge in [0.1, 0.15) is 0 Å². The number of methoxy groups -OCH3 is 1. The minimum absolute atomic E-state index is 0.229. The van der Waals surface area contributed by atoms with Crippen LogP contribution in [0.2, 0.25) is 0 Å². The van der Waals surface area contributed by atoms with Crippen LogP contribution in [0.15, 0.2) is 29.2 Å². The molecule has 0 fully saturated rings. The molecular formula is C22H36O4S. The van der Waals surface area contributed by atoms with Crippen LogP contribution >= 0.6 is 0 Å². The van der Waals surface area contributed by atoms with Gasteiger partial charge in [-0.2, -0.15) is 0 Å². The fraction of sp³-hybridized carbons (Fsp3) is 0.682. The first-order chi connectivity index (χ1) is 12.9. The van der Waals surface area contributed by atoms with E-state index < -0.39 is 21.1 Å². The van der Waals surface area contributed by atoms with Crippen molar-refractivity contribution < 1.29 is 17.9 Å². The van der Waals surface area contributed by atoms with E-state index in [4.69, 9.17) is 4.74 Å². The third kappa shape index (κ3) is 8.04. The number of hydrogen-bond acceptors (Lipinski definition) is 4. The van der Waals surface area contributed by atoms with Gasteiger partial charge >= 0.3 is 5.97 Å². The highest BCUT2D eigenvalue weighted by molar-refractivity contribution is 7.92. The van der Waals surface area contributed by atoms with Crippen LogP contribution in [0.4, 0.5) is 0 Å². The largest absolute Gasteiger partial charge is 0.468 e. The zero-order valence-corrected chi connectivity index (χ0v) is 18.0. The number of esters is 1. The van der Waals surface area contributed by atoms with Crippen LogP contribution in [-0.4, -0.2) is 26.7 Å². The van der Waals surface area contributed by atoms with Crippen LogP contribution in [0.3, 0.4) is 0 Å². The van der Waals surface area contributed by atoms with E-state index in [0.29, 0.717) is 12.0 Å². The molecule has 154 valence electrons. The fourth-order valence-electron chi connectivity index (χ4n) is 3.38. The van der Waals surface area contributed by atoms with Crippen molar-refractivity contribution in [3.63, 3.8) is 0 Å². The van der Waals surface area contributed by atoms with Gasteiger partial charge in [0.2, 0.25) is 0 Å². The molecule has 0 N–H and O–H groups in total. The number of sulfone groups is 1. The van der Waals surface area contributed by atoms with Crippen LogP contribution in [0.25, 0.3) is 0 Å². The Hall–Kier alpha value is -1.36. The maximum absolute atomic E-state index is 12.9. The minimum Gasteiger partial charge on any atom is -0.468 e. The molecule has 0 amide bonds. The summed E-state index contributed by atoms with van der Waals surface area (Å²) >= 11 is 0. The molecule has 1 rings (SSSR count). The monoisotopic (exact) mass is 396 g/mol. The smallest absolute Gasteiger partial charge is 0.324 e. The Balaban J connectivity index is 2.48. The fourth-order valence-corrected chi connectivity index (χ4v) is 5.30. The molecule has 0 spiro atoms. The molecule has 1 aromatic carbocycles. The van der Waals surface area contributed by atoms with Crippen molar-refractivity contribution in [1.29, 1.82) is 0 Å². The first-order valence-corrected chi connectivity index (χ1v) is 11.9. The molecule has 0 saturated carbocycles. The first-order valence-electron chi connectivity index (χ1n) is 10.3. The highest BCUT2D eigenvalue weighted by Crippen LogP contribution is 2.24. The van der Waals surface area contributed by atoms with Crippen LogP contribution in [-0.2, 0) is 19.4 Å². The molecule has 4 nitrogen and oxygen atoms in total. The van der Waals surface area contributed by atoms with Gasteiger partial charge in [0.05, 0.1) is 12.0 Å². The lowest BCUT2D eigenvalue weighted by Crippen LogP contribution is -2.32. The van der Waals surface area contributed by atoms with Crippen molar-refractivity contribution in [3.8, 4) is 0 Å². The third-order valence-corrected chi connectivity index (χ3v) is 7.31. The number of benzene rings is 1. The Morgan fingerprint density at radius 1 is 0.926 bits per heavy atom. The Bertz CT molecular complexity index is 652. The second-order valence-electron chi connectivity index (χ2n) is 7.29. The van der Waals surface area contributed by atoms with Gasteiger partial charge in [0.25, 0.3) is 0 Å². The lowest BCUT2D eigenvalue weighted by molar-refractivity contribution is -0.140. The third-order valence-electron chi connectivity index (χ3n) is 5.06. The summed E-state index contributed by atoms with van der Waals surface area (Å²) in [7, 11) is -2.48. The zero-order valence-electron chi connectivity index (χ0n) is 17.2.